The SMILES string of the molecule is FC(F)F.FC=CF. The molecule has 0 unspecified atom stereocenters. The second-order valence-electron chi connectivity index (χ2n) is 0.499. The van der Waals surface area contributed by atoms with Gasteiger partial charge in [-0.05, 0) is 0 Å². The van der Waals surface area contributed by atoms with Crippen LogP contribution in [0.2, 0.25) is 0 Å². The molecule has 0 aromatic carbocycles. The van der Waals surface area contributed by atoms with Crippen LogP contribution in [0.4, 0.5) is 22.0 Å². The van der Waals surface area contributed by atoms with Crippen molar-refractivity contribution in [1.29, 1.82) is 0 Å². The number of halogens is 5. The van der Waals surface area contributed by atoms with E-state index in [1.54, 1.807) is 0 Å². The number of hydrogen-bond donors (Lipinski definition) is 0. The van der Waals surface area contributed by atoms with Crippen molar-refractivity contribution in [3.63, 3.8) is 0 Å². The van der Waals surface area contributed by atoms with Crippen molar-refractivity contribution in [3.8, 4) is 0 Å². The van der Waals surface area contributed by atoms with Gasteiger partial charge in [0.05, 0.1) is 0 Å². The highest BCUT2D eigenvalue weighted by atomic mass is 19.4. The Balaban J connectivity index is 0. The first-order chi connectivity index (χ1) is 3.65. The van der Waals surface area contributed by atoms with Gasteiger partial charge in [0, 0.05) is 0 Å². The first-order valence-electron chi connectivity index (χ1n) is 1.42. The molecule has 0 atom stereocenters. The van der Waals surface area contributed by atoms with Crippen LogP contribution in [0, 0.1) is 0 Å². The summed E-state index contributed by atoms with van der Waals surface area (Å²) in [5.74, 6) is 0. The Morgan fingerprint density at radius 3 is 1.00 bits per heavy atom. The molecule has 0 heterocycles. The van der Waals surface area contributed by atoms with Crippen LogP contribution in [0.3, 0.4) is 0 Å². The van der Waals surface area contributed by atoms with Gasteiger partial charge in [-0.1, -0.05) is 0 Å². The molecule has 50 valence electrons. The van der Waals surface area contributed by atoms with Crippen LogP contribution >= 0.6 is 0 Å². The van der Waals surface area contributed by atoms with Gasteiger partial charge in [-0.3, -0.25) is 0 Å². The van der Waals surface area contributed by atoms with Crippen molar-refractivity contribution in [2.75, 3.05) is 0 Å². The van der Waals surface area contributed by atoms with Crippen molar-refractivity contribution >= 4 is 0 Å². The number of hydrogen-bond acceptors (Lipinski definition) is 0. The maximum atomic E-state index is 10.2. The zero-order chi connectivity index (χ0) is 6.99. The molecule has 0 amide bonds. The summed E-state index contributed by atoms with van der Waals surface area (Å²) >= 11 is 0. The highest BCUT2D eigenvalue weighted by Crippen LogP contribution is 1.87. The van der Waals surface area contributed by atoms with E-state index in [-0.39, 0.29) is 12.7 Å². The molecule has 0 aromatic heterocycles. The number of alkyl halides is 3. The zero-order valence-electron chi connectivity index (χ0n) is 3.62. The van der Waals surface area contributed by atoms with E-state index < -0.39 is 6.68 Å². The summed E-state index contributed by atoms with van der Waals surface area (Å²) in [6, 6.07) is 0. The van der Waals surface area contributed by atoms with Crippen LogP contribution in [0.5, 0.6) is 0 Å². The van der Waals surface area contributed by atoms with Crippen LogP contribution in [0.25, 0.3) is 0 Å². The first kappa shape index (κ1) is 10.4. The van der Waals surface area contributed by atoms with Crippen molar-refractivity contribution in [3.05, 3.63) is 12.7 Å². The largest absolute Gasteiger partial charge is 0.379 e. The lowest BCUT2D eigenvalue weighted by Gasteiger charge is -1.65. The molecule has 0 nitrogen and oxygen atoms in total. The molecule has 0 fully saturated rings. The van der Waals surface area contributed by atoms with Crippen molar-refractivity contribution in [2.45, 2.75) is 6.68 Å². The average molecular weight is 134 g/mol. The monoisotopic (exact) mass is 134 g/mol. The Morgan fingerprint density at radius 2 is 1.00 bits per heavy atom. The second-order valence-corrected chi connectivity index (χ2v) is 0.499. The third-order valence-corrected chi connectivity index (χ3v) is 0.0476. The summed E-state index contributed by atoms with van der Waals surface area (Å²) in [6.07, 6.45) is -0.333. The predicted molar refractivity (Wildman–Crippen MR) is 18.5 cm³/mol. The van der Waals surface area contributed by atoms with Gasteiger partial charge in [0.25, 0.3) is 0 Å². The van der Waals surface area contributed by atoms with E-state index in [0.717, 1.165) is 0 Å². The average Bonchev–Trinajstić information content (AvgIpc) is 1.65. The lowest BCUT2D eigenvalue weighted by atomic mass is 11.2. The zero-order valence-corrected chi connectivity index (χ0v) is 3.62. The molecule has 0 bridgehead atoms. The van der Waals surface area contributed by atoms with Crippen molar-refractivity contribution in [2.24, 2.45) is 0 Å². The predicted octanol–water partition coefficient (Wildman–Crippen LogP) is 2.58. The minimum Gasteiger partial charge on any atom is -0.213 e. The van der Waals surface area contributed by atoms with Gasteiger partial charge in [-0.25, -0.2) is 8.78 Å². The first-order valence-corrected chi connectivity index (χ1v) is 1.42. The Kier molecular flexibility index (Phi) is 12.5. The summed E-state index contributed by atoms with van der Waals surface area (Å²) in [4.78, 5) is 0. The molecule has 0 radical (unpaired) electrons. The molecule has 5 heteroatoms. The third kappa shape index (κ3) is 683. The smallest absolute Gasteiger partial charge is 0.213 e. The Bertz CT molecular complexity index is 42.9. The normalized spacial score (nSPS) is 9.25. The topological polar surface area (TPSA) is 0 Å². The standard InChI is InChI=1S/C2H2F2.CHF3/c3-1-2-4;2-1(3)4/h1-2H;1H. The summed E-state index contributed by atoms with van der Waals surface area (Å²) in [6.45, 7) is -3.67. The Morgan fingerprint density at radius 1 is 0.875 bits per heavy atom. The maximum absolute atomic E-state index is 10.2. The van der Waals surface area contributed by atoms with E-state index >= 15 is 0 Å². The van der Waals surface area contributed by atoms with Gasteiger partial charge in [0.15, 0.2) is 0 Å². The summed E-state index contributed by atoms with van der Waals surface area (Å²) in [5, 5.41) is 0. The van der Waals surface area contributed by atoms with Crippen LogP contribution in [-0.4, -0.2) is 6.68 Å². The number of rotatable bonds is 0. The fraction of sp³-hybridized carbons (Fsp3) is 0.333. The van der Waals surface area contributed by atoms with Gasteiger partial charge in [-0.15, -0.1) is 0 Å². The lowest BCUT2D eigenvalue weighted by molar-refractivity contribution is 0.00819. The molecule has 0 saturated carbocycles. The van der Waals surface area contributed by atoms with E-state index in [2.05, 4.69) is 0 Å². The van der Waals surface area contributed by atoms with Crippen LogP contribution in [0.15, 0.2) is 12.7 Å². The van der Waals surface area contributed by atoms with Gasteiger partial charge in [0.2, 0.25) is 0 Å². The Labute approximate surface area is 42.6 Å². The fourth-order valence-corrected chi connectivity index (χ4v) is 0. The molecule has 0 spiro atoms. The van der Waals surface area contributed by atoms with Gasteiger partial charge < -0.3 is 0 Å². The minimum absolute atomic E-state index is 0.167. The molecule has 0 aliphatic heterocycles. The van der Waals surface area contributed by atoms with Gasteiger partial charge in [0.1, 0.15) is 12.7 Å². The summed E-state index contributed by atoms with van der Waals surface area (Å²) in [7, 11) is 0. The van der Waals surface area contributed by atoms with E-state index in [9.17, 15) is 22.0 Å². The van der Waals surface area contributed by atoms with Crippen molar-refractivity contribution < 1.29 is 22.0 Å². The molecule has 0 aliphatic rings. The van der Waals surface area contributed by atoms with E-state index in [4.69, 9.17) is 0 Å². The van der Waals surface area contributed by atoms with E-state index in [1.807, 2.05) is 0 Å². The molecular weight excluding hydrogens is 131 g/mol. The quantitative estimate of drug-likeness (QED) is 0.446. The summed E-state index contributed by atoms with van der Waals surface area (Å²) in [5.41, 5.74) is 0. The van der Waals surface area contributed by atoms with Gasteiger partial charge >= 0.3 is 6.68 Å². The Hall–Kier alpha value is -0.610. The molecular formula is C3H3F5. The molecule has 0 aromatic rings. The van der Waals surface area contributed by atoms with Crippen LogP contribution in [-0.2, 0) is 0 Å². The molecule has 0 saturated heterocycles. The highest BCUT2D eigenvalue weighted by molar-refractivity contribution is 4.51. The van der Waals surface area contributed by atoms with Crippen molar-refractivity contribution in [1.82, 2.24) is 0 Å². The lowest BCUT2D eigenvalue weighted by Crippen LogP contribution is -1.65. The van der Waals surface area contributed by atoms with Crippen LogP contribution < -0.4 is 0 Å². The molecule has 0 aliphatic carbocycles. The van der Waals surface area contributed by atoms with E-state index in [0.29, 0.717) is 0 Å². The third-order valence-electron chi connectivity index (χ3n) is 0.0476. The van der Waals surface area contributed by atoms with Crippen LogP contribution in [0.1, 0.15) is 0 Å². The minimum atomic E-state index is -3.67. The van der Waals surface area contributed by atoms with Gasteiger partial charge in [-0.2, -0.15) is 13.2 Å². The molecule has 0 rings (SSSR count). The molecule has 0 N–H and O–H groups in total. The fourth-order valence-electron chi connectivity index (χ4n) is 0. The van der Waals surface area contributed by atoms with E-state index in [1.165, 1.54) is 0 Å². The summed E-state index contributed by atoms with van der Waals surface area (Å²) < 4.78 is 49.3. The molecule has 8 heavy (non-hydrogen) atoms. The second kappa shape index (κ2) is 9.63. The maximum Gasteiger partial charge on any atom is 0.379 e. The highest BCUT2D eigenvalue weighted by Gasteiger charge is 1.86.